The van der Waals surface area contributed by atoms with Gasteiger partial charge in [0.2, 0.25) is 11.9 Å². The van der Waals surface area contributed by atoms with Crippen molar-refractivity contribution in [1.29, 1.82) is 0 Å². The number of aliphatic carboxylic acids is 1. The Kier molecular flexibility index (Phi) is 7.94. The van der Waals surface area contributed by atoms with Gasteiger partial charge in [-0.3, -0.25) is 9.79 Å². The van der Waals surface area contributed by atoms with Gasteiger partial charge in [-0.15, -0.1) is 0 Å². The number of carbonyl (C=O) groups is 2. The minimum absolute atomic E-state index is 0.176. The third-order valence-corrected chi connectivity index (χ3v) is 9.21. The Morgan fingerprint density at radius 1 is 1.16 bits per heavy atom. The number of benzene rings is 1. The van der Waals surface area contributed by atoms with E-state index in [0.717, 1.165) is 46.4 Å². The number of imidazole rings is 1. The molecule has 1 atom stereocenters. The van der Waals surface area contributed by atoms with Crippen molar-refractivity contribution in [3.8, 4) is 0 Å². The minimum Gasteiger partial charge on any atom is -0.480 e. The lowest BCUT2D eigenvalue weighted by Crippen LogP contribution is -2.62. The van der Waals surface area contributed by atoms with Crippen LogP contribution in [0.25, 0.3) is 11.0 Å². The molecule has 2 fully saturated rings. The summed E-state index contributed by atoms with van der Waals surface area (Å²) in [5.41, 5.74) is 7.72. The summed E-state index contributed by atoms with van der Waals surface area (Å²) in [7, 11) is 0. The number of aliphatic imine (C=N–C) groups is 1. The van der Waals surface area contributed by atoms with Gasteiger partial charge >= 0.3 is 5.97 Å². The summed E-state index contributed by atoms with van der Waals surface area (Å²) in [6.07, 6.45) is 9.24. The number of H-pyrrole nitrogens is 1. The summed E-state index contributed by atoms with van der Waals surface area (Å²) in [4.78, 5) is 44.6. The fourth-order valence-corrected chi connectivity index (χ4v) is 6.46. The quantitative estimate of drug-likeness (QED) is 0.165. The number of hydrazine groups is 1. The molecule has 2 aliphatic heterocycles. The van der Waals surface area contributed by atoms with Crippen molar-refractivity contribution >= 4 is 57.8 Å². The standard InChI is InChI=1S/C31H35N9O4S/c1-45-13-7-31(29(42)43,38-40-11-9-39(10-12-40)28(41)19-2-3-19)21-6-8-32-26(15-21)37-30-35-23-5-4-20(14-24(23)36-30)27-22-16-44-17-25(22)33-18-34-27/h4-6,8,14-17,19,33,38H,2-3,7,9-13,18H2,1H3,(H,42,43)(H2,32,35,36,37)/t31-/m1/s1. The molecule has 1 aromatic carbocycles. The van der Waals surface area contributed by atoms with Crippen LogP contribution in [-0.4, -0.2) is 92.4 Å². The van der Waals surface area contributed by atoms with Crippen LogP contribution in [-0.2, 0) is 15.1 Å². The van der Waals surface area contributed by atoms with Crippen molar-refractivity contribution in [3.05, 3.63) is 65.7 Å². The molecule has 14 heteroatoms. The zero-order chi connectivity index (χ0) is 31.0. The smallest absolute Gasteiger partial charge is 0.329 e. The van der Waals surface area contributed by atoms with Gasteiger partial charge in [0.1, 0.15) is 25.0 Å². The third-order valence-electron chi connectivity index (χ3n) is 8.59. The Bertz CT molecular complexity index is 1760. The van der Waals surface area contributed by atoms with E-state index in [0.29, 0.717) is 62.4 Å². The van der Waals surface area contributed by atoms with Crippen molar-refractivity contribution in [1.82, 2.24) is 30.3 Å². The number of thioether (sulfide) groups is 1. The predicted molar refractivity (Wildman–Crippen MR) is 173 cm³/mol. The Labute approximate surface area is 263 Å². The lowest BCUT2D eigenvalue weighted by Gasteiger charge is -2.41. The summed E-state index contributed by atoms with van der Waals surface area (Å²) >= 11 is 1.60. The second kappa shape index (κ2) is 12.2. The average molecular weight is 630 g/mol. The van der Waals surface area contributed by atoms with Gasteiger partial charge in [0.05, 0.1) is 28.0 Å². The zero-order valence-corrected chi connectivity index (χ0v) is 25.7. The number of piperazine rings is 1. The molecular formula is C31H35N9O4S. The van der Waals surface area contributed by atoms with Crippen LogP contribution in [0.4, 0.5) is 17.5 Å². The fourth-order valence-electron chi connectivity index (χ4n) is 5.95. The summed E-state index contributed by atoms with van der Waals surface area (Å²) in [6.45, 7) is 2.72. The van der Waals surface area contributed by atoms with E-state index in [1.54, 1.807) is 42.6 Å². The van der Waals surface area contributed by atoms with E-state index in [-0.39, 0.29) is 11.8 Å². The van der Waals surface area contributed by atoms with Crippen LogP contribution in [0.1, 0.15) is 36.0 Å². The number of fused-ring (bicyclic) bond motifs is 2. The highest BCUT2D eigenvalue weighted by Crippen LogP contribution is 2.33. The second-order valence-corrected chi connectivity index (χ2v) is 12.6. The molecule has 0 spiro atoms. The maximum atomic E-state index is 13.0. The third kappa shape index (κ3) is 5.88. The number of carboxylic acids is 1. The second-order valence-electron chi connectivity index (χ2n) is 11.6. The van der Waals surface area contributed by atoms with Crippen molar-refractivity contribution < 1.29 is 19.1 Å². The zero-order valence-electron chi connectivity index (χ0n) is 24.9. The predicted octanol–water partition coefficient (Wildman–Crippen LogP) is 3.61. The molecule has 5 heterocycles. The molecule has 5 N–H and O–H groups in total. The summed E-state index contributed by atoms with van der Waals surface area (Å²) in [5.74, 6) is 1.02. The number of rotatable bonds is 11. The van der Waals surface area contributed by atoms with E-state index >= 15 is 0 Å². The van der Waals surface area contributed by atoms with Crippen molar-refractivity contribution in [3.63, 3.8) is 0 Å². The van der Waals surface area contributed by atoms with E-state index in [1.807, 2.05) is 34.4 Å². The molecule has 1 saturated carbocycles. The Morgan fingerprint density at radius 3 is 2.78 bits per heavy atom. The Morgan fingerprint density at radius 2 is 2.00 bits per heavy atom. The molecule has 0 bridgehead atoms. The summed E-state index contributed by atoms with van der Waals surface area (Å²) in [6, 6.07) is 9.42. The number of nitrogens with one attached hydrogen (secondary N) is 4. The van der Waals surface area contributed by atoms with Crippen molar-refractivity contribution in [2.75, 3.05) is 55.5 Å². The van der Waals surface area contributed by atoms with Gasteiger partial charge in [-0.1, -0.05) is 6.07 Å². The number of hydrogen-bond acceptors (Lipinski definition) is 11. The lowest BCUT2D eigenvalue weighted by molar-refractivity contribution is -0.150. The number of furan rings is 1. The van der Waals surface area contributed by atoms with Crippen LogP contribution in [0.3, 0.4) is 0 Å². The van der Waals surface area contributed by atoms with Crippen molar-refractivity contribution in [2.45, 2.75) is 24.8 Å². The molecule has 7 rings (SSSR count). The Balaban J connectivity index is 1.11. The first-order valence-corrected chi connectivity index (χ1v) is 16.5. The number of anilines is 3. The molecule has 0 radical (unpaired) electrons. The largest absolute Gasteiger partial charge is 0.480 e. The normalized spacial score (nSPS) is 18.2. The van der Waals surface area contributed by atoms with Gasteiger partial charge < -0.3 is 30.0 Å². The topological polar surface area (TPSA) is 164 Å². The van der Waals surface area contributed by atoms with Gasteiger partial charge in [0.15, 0.2) is 5.54 Å². The molecule has 13 nitrogen and oxygen atoms in total. The van der Waals surface area contributed by atoms with Gasteiger partial charge in [-0.05, 0) is 61.1 Å². The van der Waals surface area contributed by atoms with E-state index < -0.39 is 11.5 Å². The van der Waals surface area contributed by atoms with Crippen LogP contribution < -0.4 is 16.1 Å². The summed E-state index contributed by atoms with van der Waals surface area (Å²) in [5, 5.41) is 19.0. The average Bonchev–Trinajstić information content (AvgIpc) is 3.65. The SMILES string of the molecule is CSCC[C@](NN1CCN(C(=O)C2CC2)CC1)(C(=O)O)c1ccnc(Nc2nc3cc(C4=NCNc5cocc54)ccc3[nH]2)c1. The molecule has 234 valence electrons. The number of aromatic amines is 1. The minimum atomic E-state index is -1.38. The van der Waals surface area contributed by atoms with Gasteiger partial charge in [-0.25, -0.2) is 25.2 Å². The molecule has 0 unspecified atom stereocenters. The molecule has 1 aliphatic carbocycles. The van der Waals surface area contributed by atoms with Crippen LogP contribution in [0.2, 0.25) is 0 Å². The molecule has 1 amide bonds. The molecule has 3 aromatic heterocycles. The number of nitrogens with zero attached hydrogens (tertiary/aromatic N) is 5. The first-order chi connectivity index (χ1) is 21.9. The lowest BCUT2D eigenvalue weighted by atomic mass is 9.88. The molecule has 3 aliphatic rings. The molecular weight excluding hydrogens is 594 g/mol. The first-order valence-electron chi connectivity index (χ1n) is 15.1. The molecule has 4 aromatic rings. The number of carboxylic acid groups (broad SMARTS) is 1. The van der Waals surface area contributed by atoms with Gasteiger partial charge in [-0.2, -0.15) is 11.8 Å². The number of amides is 1. The maximum Gasteiger partial charge on any atom is 0.329 e. The van der Waals surface area contributed by atoms with Crippen LogP contribution in [0.15, 0.2) is 58.5 Å². The Hall–Kier alpha value is -4.40. The highest BCUT2D eigenvalue weighted by Gasteiger charge is 2.43. The molecule has 1 saturated heterocycles. The first kappa shape index (κ1) is 29.3. The van der Waals surface area contributed by atoms with Gasteiger partial charge in [0.25, 0.3) is 0 Å². The highest BCUT2D eigenvalue weighted by molar-refractivity contribution is 7.98. The fraction of sp³-hybridized carbons (Fsp3) is 0.387. The number of aromatic nitrogens is 3. The van der Waals surface area contributed by atoms with E-state index in [1.165, 1.54) is 0 Å². The van der Waals surface area contributed by atoms with Gasteiger partial charge in [0, 0.05) is 43.9 Å². The maximum absolute atomic E-state index is 13.0. The van der Waals surface area contributed by atoms with Crippen molar-refractivity contribution in [2.24, 2.45) is 10.9 Å². The summed E-state index contributed by atoms with van der Waals surface area (Å²) < 4.78 is 5.37. The van der Waals surface area contributed by atoms with Crippen LogP contribution >= 0.6 is 11.8 Å². The monoisotopic (exact) mass is 629 g/mol. The highest BCUT2D eigenvalue weighted by atomic mass is 32.2. The number of carbonyl (C=O) groups excluding carboxylic acids is 1. The number of pyridine rings is 1. The number of hydrogen-bond donors (Lipinski definition) is 5. The van der Waals surface area contributed by atoms with E-state index in [9.17, 15) is 14.7 Å². The van der Waals surface area contributed by atoms with Crippen LogP contribution in [0.5, 0.6) is 0 Å². The van der Waals surface area contributed by atoms with Crippen LogP contribution in [0, 0.1) is 5.92 Å². The van der Waals surface area contributed by atoms with E-state index in [4.69, 9.17) is 9.40 Å². The molecule has 45 heavy (non-hydrogen) atoms. The van der Waals surface area contributed by atoms with E-state index in [2.05, 4.69) is 31.0 Å².